The average Bonchev–Trinajstić information content (AvgIpc) is 3.05. The van der Waals surface area contributed by atoms with Crippen LogP contribution in [0.3, 0.4) is 0 Å². The molecule has 0 aliphatic carbocycles. The van der Waals surface area contributed by atoms with E-state index in [0.29, 0.717) is 22.9 Å². The highest BCUT2D eigenvalue weighted by Crippen LogP contribution is 2.30. The zero-order valence-electron chi connectivity index (χ0n) is 16.0. The number of hydrogen-bond donors (Lipinski definition) is 1. The molecule has 3 aromatic rings. The van der Waals surface area contributed by atoms with Crippen LogP contribution >= 0.6 is 0 Å². The smallest absolute Gasteiger partial charge is 0.278 e. The fraction of sp³-hybridized carbons (Fsp3) is 0.250. The number of aromatic nitrogens is 3. The van der Waals surface area contributed by atoms with Gasteiger partial charge in [-0.1, -0.05) is 11.3 Å². The summed E-state index contributed by atoms with van der Waals surface area (Å²) in [6.07, 6.45) is 0. The molecule has 0 saturated carbocycles. The largest absolute Gasteiger partial charge is 0.493 e. The van der Waals surface area contributed by atoms with E-state index in [0.717, 1.165) is 11.3 Å². The van der Waals surface area contributed by atoms with Crippen molar-refractivity contribution in [3.63, 3.8) is 0 Å². The lowest BCUT2D eigenvalue weighted by Crippen LogP contribution is -2.14. The van der Waals surface area contributed by atoms with Gasteiger partial charge in [0.2, 0.25) is 0 Å². The fourth-order valence-corrected chi connectivity index (χ4v) is 2.75. The summed E-state index contributed by atoms with van der Waals surface area (Å²) in [5, 5.41) is 11.0. The van der Waals surface area contributed by atoms with Crippen LogP contribution in [-0.4, -0.2) is 35.1 Å². The van der Waals surface area contributed by atoms with Gasteiger partial charge in [0.25, 0.3) is 5.91 Å². The number of rotatable bonds is 5. The molecule has 0 radical (unpaired) electrons. The highest BCUT2D eigenvalue weighted by Gasteiger charge is 2.18. The molecular weight excluding hydrogens is 344 g/mol. The lowest BCUT2D eigenvalue weighted by atomic mass is 10.1. The molecule has 1 aromatic heterocycles. The highest BCUT2D eigenvalue weighted by molar-refractivity contribution is 6.03. The molecule has 1 amide bonds. The zero-order valence-corrected chi connectivity index (χ0v) is 16.0. The third-order valence-corrected chi connectivity index (χ3v) is 4.49. The van der Waals surface area contributed by atoms with E-state index in [1.807, 2.05) is 32.0 Å². The van der Waals surface area contributed by atoms with Crippen molar-refractivity contribution in [2.45, 2.75) is 20.8 Å². The van der Waals surface area contributed by atoms with E-state index in [4.69, 9.17) is 9.47 Å². The Morgan fingerprint density at radius 3 is 2.37 bits per heavy atom. The SMILES string of the molecule is COc1ccc(NC(=O)c2nnn(-c3ccc(C)c(C)c3)c2C)cc1OC. The molecule has 1 N–H and O–H groups in total. The van der Waals surface area contributed by atoms with Gasteiger partial charge >= 0.3 is 0 Å². The van der Waals surface area contributed by atoms with Crippen molar-refractivity contribution >= 4 is 11.6 Å². The molecule has 0 bridgehead atoms. The van der Waals surface area contributed by atoms with Crippen molar-refractivity contribution in [2.75, 3.05) is 19.5 Å². The quantitative estimate of drug-likeness (QED) is 0.748. The number of ether oxygens (including phenoxy) is 2. The van der Waals surface area contributed by atoms with E-state index >= 15 is 0 Å². The second kappa shape index (κ2) is 7.49. The van der Waals surface area contributed by atoms with Gasteiger partial charge in [0.1, 0.15) is 0 Å². The molecule has 7 nitrogen and oxygen atoms in total. The van der Waals surface area contributed by atoms with Crippen molar-refractivity contribution in [1.82, 2.24) is 15.0 Å². The van der Waals surface area contributed by atoms with E-state index in [-0.39, 0.29) is 11.6 Å². The first-order valence-electron chi connectivity index (χ1n) is 8.48. The summed E-state index contributed by atoms with van der Waals surface area (Å²) < 4.78 is 12.1. The zero-order chi connectivity index (χ0) is 19.6. The molecule has 0 saturated heterocycles. The van der Waals surface area contributed by atoms with Gasteiger partial charge in [0.15, 0.2) is 17.2 Å². The molecule has 0 unspecified atom stereocenters. The summed E-state index contributed by atoms with van der Waals surface area (Å²) in [5.74, 6) is 0.785. The molecule has 0 atom stereocenters. The van der Waals surface area contributed by atoms with Crippen molar-refractivity contribution in [3.8, 4) is 17.2 Å². The first-order valence-corrected chi connectivity index (χ1v) is 8.48. The van der Waals surface area contributed by atoms with Gasteiger partial charge in [-0.15, -0.1) is 5.10 Å². The van der Waals surface area contributed by atoms with Gasteiger partial charge < -0.3 is 14.8 Å². The average molecular weight is 366 g/mol. The van der Waals surface area contributed by atoms with Crippen molar-refractivity contribution in [1.29, 1.82) is 0 Å². The Hall–Kier alpha value is -3.35. The van der Waals surface area contributed by atoms with Crippen LogP contribution in [0.15, 0.2) is 36.4 Å². The summed E-state index contributed by atoms with van der Waals surface area (Å²) >= 11 is 0. The molecule has 2 aromatic carbocycles. The van der Waals surface area contributed by atoms with Crippen LogP contribution in [0.1, 0.15) is 27.3 Å². The molecule has 140 valence electrons. The van der Waals surface area contributed by atoms with Crippen LogP contribution in [0, 0.1) is 20.8 Å². The van der Waals surface area contributed by atoms with Crippen molar-refractivity contribution in [2.24, 2.45) is 0 Å². The van der Waals surface area contributed by atoms with E-state index in [9.17, 15) is 4.79 Å². The van der Waals surface area contributed by atoms with Crippen molar-refractivity contribution < 1.29 is 14.3 Å². The van der Waals surface area contributed by atoms with Crippen LogP contribution in [0.2, 0.25) is 0 Å². The second-order valence-corrected chi connectivity index (χ2v) is 6.23. The molecular formula is C20H22N4O3. The van der Waals surface area contributed by atoms with Gasteiger partial charge in [-0.25, -0.2) is 4.68 Å². The van der Waals surface area contributed by atoms with Crippen molar-refractivity contribution in [3.05, 3.63) is 58.9 Å². The predicted molar refractivity (Wildman–Crippen MR) is 103 cm³/mol. The Morgan fingerprint density at radius 2 is 1.70 bits per heavy atom. The number of anilines is 1. The maximum Gasteiger partial charge on any atom is 0.278 e. The minimum atomic E-state index is -0.338. The van der Waals surface area contributed by atoms with E-state index in [1.54, 1.807) is 37.1 Å². The van der Waals surface area contributed by atoms with E-state index < -0.39 is 0 Å². The number of amides is 1. The van der Waals surface area contributed by atoms with Crippen LogP contribution < -0.4 is 14.8 Å². The Morgan fingerprint density at radius 1 is 0.963 bits per heavy atom. The van der Waals surface area contributed by atoms with Gasteiger partial charge in [-0.2, -0.15) is 0 Å². The number of hydrogen-bond acceptors (Lipinski definition) is 5. The summed E-state index contributed by atoms with van der Waals surface area (Å²) in [6.45, 7) is 5.91. The number of carbonyl (C=O) groups excluding carboxylic acids is 1. The summed E-state index contributed by atoms with van der Waals surface area (Å²) in [7, 11) is 3.10. The molecule has 27 heavy (non-hydrogen) atoms. The maximum absolute atomic E-state index is 12.7. The molecule has 0 aliphatic rings. The maximum atomic E-state index is 12.7. The fourth-order valence-electron chi connectivity index (χ4n) is 2.75. The number of benzene rings is 2. The molecule has 7 heteroatoms. The number of methoxy groups -OCH3 is 2. The Balaban J connectivity index is 1.86. The number of nitrogens with one attached hydrogen (secondary N) is 1. The monoisotopic (exact) mass is 366 g/mol. The molecule has 0 aliphatic heterocycles. The van der Waals surface area contributed by atoms with Gasteiger partial charge in [0, 0.05) is 11.8 Å². The minimum absolute atomic E-state index is 0.267. The van der Waals surface area contributed by atoms with Gasteiger partial charge in [0.05, 0.1) is 25.6 Å². The van der Waals surface area contributed by atoms with E-state index in [2.05, 4.69) is 22.6 Å². The third-order valence-electron chi connectivity index (χ3n) is 4.49. The van der Waals surface area contributed by atoms with Crippen LogP contribution in [0.5, 0.6) is 11.5 Å². The molecule has 1 heterocycles. The molecule has 0 spiro atoms. The lowest BCUT2D eigenvalue weighted by Gasteiger charge is -2.10. The minimum Gasteiger partial charge on any atom is -0.493 e. The van der Waals surface area contributed by atoms with Crippen LogP contribution in [0.25, 0.3) is 5.69 Å². The summed E-state index contributed by atoms with van der Waals surface area (Å²) in [6, 6.07) is 11.2. The highest BCUT2D eigenvalue weighted by atomic mass is 16.5. The Bertz CT molecular complexity index is 995. The number of carbonyl (C=O) groups is 1. The third kappa shape index (κ3) is 3.62. The summed E-state index contributed by atoms with van der Waals surface area (Å²) in [4.78, 5) is 12.7. The molecule has 0 fully saturated rings. The van der Waals surface area contributed by atoms with Crippen LogP contribution in [-0.2, 0) is 0 Å². The topological polar surface area (TPSA) is 78.3 Å². The lowest BCUT2D eigenvalue weighted by molar-refractivity contribution is 0.102. The Labute approximate surface area is 157 Å². The molecule has 3 rings (SSSR count). The normalized spacial score (nSPS) is 10.6. The number of aryl methyl sites for hydroxylation is 2. The first-order chi connectivity index (χ1) is 12.9. The first kappa shape index (κ1) is 18.4. The predicted octanol–water partition coefficient (Wildman–Crippen LogP) is 3.46. The van der Waals surface area contributed by atoms with Crippen LogP contribution in [0.4, 0.5) is 5.69 Å². The van der Waals surface area contributed by atoms with Gasteiger partial charge in [-0.05, 0) is 56.2 Å². The van der Waals surface area contributed by atoms with Gasteiger partial charge in [-0.3, -0.25) is 4.79 Å². The second-order valence-electron chi connectivity index (χ2n) is 6.23. The number of nitrogens with zero attached hydrogens (tertiary/aromatic N) is 3. The standard InChI is InChI=1S/C20H22N4O3/c1-12-6-8-16(10-13(12)2)24-14(3)19(22-23-24)20(25)21-15-7-9-17(26-4)18(11-15)27-5/h6-11H,1-5H3,(H,21,25). The Kier molecular flexibility index (Phi) is 5.12. The summed E-state index contributed by atoms with van der Waals surface area (Å²) in [5.41, 5.74) is 4.73. The van der Waals surface area contributed by atoms with E-state index in [1.165, 1.54) is 5.56 Å².